The van der Waals surface area contributed by atoms with Gasteiger partial charge < -0.3 is 9.64 Å². The lowest BCUT2D eigenvalue weighted by Crippen LogP contribution is -2.43. The van der Waals surface area contributed by atoms with E-state index in [0.717, 1.165) is 25.1 Å². The number of amides is 1. The van der Waals surface area contributed by atoms with Gasteiger partial charge in [0.2, 0.25) is 5.91 Å². The smallest absolute Gasteiger partial charge is 0.310 e. The number of carbonyl (C=O) groups is 2. The minimum Gasteiger partial charge on any atom is -0.469 e. The summed E-state index contributed by atoms with van der Waals surface area (Å²) in [4.78, 5) is 29.4. The number of piperidine rings is 1. The molecule has 98 valence electrons. The molecule has 0 spiro atoms. The standard InChI is InChI=1S/C12H16N2O3S/c1-17-12(16)9-3-2-4-14(6-9)11(15)5-10-7-18-8-13-10/h7-9H,2-6H2,1H3. The number of ether oxygens (including phenoxy) is 1. The van der Waals surface area contributed by atoms with E-state index >= 15 is 0 Å². The zero-order chi connectivity index (χ0) is 13.0. The molecule has 0 N–H and O–H groups in total. The van der Waals surface area contributed by atoms with Crippen LogP contribution in [0.15, 0.2) is 10.9 Å². The Morgan fingerprint density at radius 2 is 2.44 bits per heavy atom. The highest BCUT2D eigenvalue weighted by Crippen LogP contribution is 2.18. The summed E-state index contributed by atoms with van der Waals surface area (Å²) < 4.78 is 4.74. The van der Waals surface area contributed by atoms with E-state index in [2.05, 4.69) is 4.98 Å². The lowest BCUT2D eigenvalue weighted by molar-refractivity contribution is -0.148. The van der Waals surface area contributed by atoms with Gasteiger partial charge in [0.05, 0.1) is 30.7 Å². The molecule has 1 amide bonds. The Morgan fingerprint density at radius 3 is 3.11 bits per heavy atom. The van der Waals surface area contributed by atoms with Crippen molar-refractivity contribution in [2.24, 2.45) is 5.92 Å². The molecule has 2 rings (SSSR count). The van der Waals surface area contributed by atoms with Crippen LogP contribution in [0.4, 0.5) is 0 Å². The Hall–Kier alpha value is -1.43. The van der Waals surface area contributed by atoms with Crippen LogP contribution >= 0.6 is 11.3 Å². The maximum atomic E-state index is 12.1. The molecule has 1 aliphatic rings. The summed E-state index contributed by atoms with van der Waals surface area (Å²) in [6.45, 7) is 1.19. The number of hydrogen-bond acceptors (Lipinski definition) is 5. The maximum Gasteiger partial charge on any atom is 0.310 e. The monoisotopic (exact) mass is 268 g/mol. The fraction of sp³-hybridized carbons (Fsp3) is 0.583. The van der Waals surface area contributed by atoms with Gasteiger partial charge in [0, 0.05) is 18.5 Å². The first-order valence-corrected chi connectivity index (χ1v) is 6.87. The highest BCUT2D eigenvalue weighted by atomic mass is 32.1. The summed E-state index contributed by atoms with van der Waals surface area (Å²) in [5, 5.41) is 1.87. The van der Waals surface area contributed by atoms with Crippen molar-refractivity contribution in [1.29, 1.82) is 0 Å². The van der Waals surface area contributed by atoms with Crippen LogP contribution in [0.3, 0.4) is 0 Å². The molecule has 6 heteroatoms. The van der Waals surface area contributed by atoms with E-state index in [9.17, 15) is 9.59 Å². The zero-order valence-corrected chi connectivity index (χ0v) is 11.1. The fourth-order valence-electron chi connectivity index (χ4n) is 2.15. The molecule has 0 aromatic carbocycles. The van der Waals surface area contributed by atoms with Crippen LogP contribution in [0.1, 0.15) is 18.5 Å². The molecule has 18 heavy (non-hydrogen) atoms. The van der Waals surface area contributed by atoms with Crippen LogP contribution in [0.25, 0.3) is 0 Å². The van der Waals surface area contributed by atoms with Gasteiger partial charge in [-0.1, -0.05) is 0 Å². The molecule has 5 nitrogen and oxygen atoms in total. The molecule has 1 saturated heterocycles. The van der Waals surface area contributed by atoms with Crippen molar-refractivity contribution in [2.75, 3.05) is 20.2 Å². The van der Waals surface area contributed by atoms with Gasteiger partial charge in [0.15, 0.2) is 0 Å². The third-order valence-corrected chi connectivity index (χ3v) is 3.76. The third kappa shape index (κ3) is 3.07. The van der Waals surface area contributed by atoms with Crippen molar-refractivity contribution in [3.05, 3.63) is 16.6 Å². The molecule has 2 heterocycles. The van der Waals surface area contributed by atoms with Crippen molar-refractivity contribution in [2.45, 2.75) is 19.3 Å². The minimum atomic E-state index is -0.221. The van der Waals surface area contributed by atoms with Crippen LogP contribution in [-0.2, 0) is 20.7 Å². The number of likely N-dealkylation sites (tertiary alicyclic amines) is 1. The average molecular weight is 268 g/mol. The molecule has 1 atom stereocenters. The maximum absolute atomic E-state index is 12.1. The van der Waals surface area contributed by atoms with E-state index in [1.54, 1.807) is 10.4 Å². The summed E-state index contributed by atoms with van der Waals surface area (Å²) >= 11 is 1.48. The Balaban J connectivity index is 1.92. The second-order valence-electron chi connectivity index (χ2n) is 4.36. The van der Waals surface area contributed by atoms with Gasteiger partial charge in [-0.15, -0.1) is 11.3 Å². The van der Waals surface area contributed by atoms with E-state index in [1.165, 1.54) is 18.4 Å². The highest BCUT2D eigenvalue weighted by molar-refractivity contribution is 7.07. The van der Waals surface area contributed by atoms with Gasteiger partial charge in [-0.2, -0.15) is 0 Å². The van der Waals surface area contributed by atoms with Crippen molar-refractivity contribution in [3.63, 3.8) is 0 Å². The Kier molecular flexibility index (Phi) is 4.30. The van der Waals surface area contributed by atoms with E-state index in [4.69, 9.17) is 4.74 Å². The normalized spacial score (nSPS) is 19.6. The predicted molar refractivity (Wildman–Crippen MR) is 67.1 cm³/mol. The molecule has 0 saturated carbocycles. The predicted octanol–water partition coefficient (Wildman–Crippen LogP) is 1.10. The first-order chi connectivity index (χ1) is 8.70. The molecule has 1 unspecified atom stereocenters. The first kappa shape index (κ1) is 13.0. The van der Waals surface area contributed by atoms with Crippen molar-refractivity contribution >= 4 is 23.2 Å². The van der Waals surface area contributed by atoms with Crippen LogP contribution < -0.4 is 0 Å². The average Bonchev–Trinajstić information content (AvgIpc) is 2.90. The summed E-state index contributed by atoms with van der Waals surface area (Å²) in [5.74, 6) is -0.362. The second kappa shape index (κ2) is 5.95. The molecule has 0 bridgehead atoms. The number of aromatic nitrogens is 1. The van der Waals surface area contributed by atoms with Crippen LogP contribution in [-0.4, -0.2) is 42.0 Å². The Bertz CT molecular complexity index is 419. The molecule has 1 aromatic rings. The van der Waals surface area contributed by atoms with E-state index in [1.807, 2.05) is 5.38 Å². The van der Waals surface area contributed by atoms with Crippen molar-refractivity contribution in [1.82, 2.24) is 9.88 Å². The van der Waals surface area contributed by atoms with Gasteiger partial charge in [-0.05, 0) is 12.8 Å². The first-order valence-electron chi connectivity index (χ1n) is 5.93. The zero-order valence-electron chi connectivity index (χ0n) is 10.3. The highest BCUT2D eigenvalue weighted by Gasteiger charge is 2.28. The SMILES string of the molecule is COC(=O)C1CCCN(C(=O)Cc2cscn2)C1. The summed E-state index contributed by atoms with van der Waals surface area (Å²) in [6.07, 6.45) is 1.97. The number of nitrogens with zero attached hydrogens (tertiary/aromatic N) is 2. The largest absolute Gasteiger partial charge is 0.469 e. The molecular weight excluding hydrogens is 252 g/mol. The van der Waals surface area contributed by atoms with Gasteiger partial charge in [-0.3, -0.25) is 9.59 Å². The fourth-order valence-corrected chi connectivity index (χ4v) is 2.71. The minimum absolute atomic E-state index is 0.0366. The molecule has 0 aliphatic carbocycles. The van der Waals surface area contributed by atoms with E-state index in [0.29, 0.717) is 13.0 Å². The van der Waals surface area contributed by atoms with Gasteiger partial charge in [0.25, 0.3) is 0 Å². The third-order valence-electron chi connectivity index (χ3n) is 3.12. The van der Waals surface area contributed by atoms with Gasteiger partial charge in [0.1, 0.15) is 0 Å². The lowest BCUT2D eigenvalue weighted by atomic mass is 9.98. The van der Waals surface area contributed by atoms with E-state index < -0.39 is 0 Å². The quantitative estimate of drug-likeness (QED) is 0.770. The topological polar surface area (TPSA) is 59.5 Å². The Morgan fingerprint density at radius 1 is 1.61 bits per heavy atom. The van der Waals surface area contributed by atoms with Gasteiger partial charge >= 0.3 is 5.97 Å². The number of methoxy groups -OCH3 is 1. The van der Waals surface area contributed by atoms with Gasteiger partial charge in [-0.25, -0.2) is 4.98 Å². The second-order valence-corrected chi connectivity index (χ2v) is 5.08. The number of hydrogen-bond donors (Lipinski definition) is 0. The molecule has 1 aliphatic heterocycles. The Labute approximate surface area is 110 Å². The summed E-state index contributed by atoms with van der Waals surface area (Å²) in [7, 11) is 1.39. The number of thiazole rings is 1. The number of rotatable bonds is 3. The van der Waals surface area contributed by atoms with Crippen molar-refractivity contribution < 1.29 is 14.3 Å². The molecule has 1 fully saturated rings. The summed E-state index contributed by atoms with van der Waals surface area (Å²) in [5.41, 5.74) is 2.51. The van der Waals surface area contributed by atoms with Crippen LogP contribution in [0.2, 0.25) is 0 Å². The molecular formula is C12H16N2O3S. The lowest BCUT2D eigenvalue weighted by Gasteiger charge is -2.31. The summed E-state index contributed by atoms with van der Waals surface area (Å²) in [6, 6.07) is 0. The molecule has 1 aromatic heterocycles. The number of esters is 1. The number of carbonyl (C=O) groups excluding carboxylic acids is 2. The van der Waals surface area contributed by atoms with Crippen molar-refractivity contribution in [3.8, 4) is 0 Å². The molecule has 0 radical (unpaired) electrons. The van der Waals surface area contributed by atoms with E-state index in [-0.39, 0.29) is 17.8 Å². The van der Waals surface area contributed by atoms with Crippen LogP contribution in [0.5, 0.6) is 0 Å². The van der Waals surface area contributed by atoms with Crippen LogP contribution in [0, 0.1) is 5.92 Å².